The Kier molecular flexibility index (Phi) is 6.40. The van der Waals surface area contributed by atoms with Crippen LogP contribution in [0.3, 0.4) is 0 Å². The lowest BCUT2D eigenvalue weighted by Gasteiger charge is -2.15. The van der Waals surface area contributed by atoms with Crippen LogP contribution < -0.4 is 10.1 Å². The maximum Gasteiger partial charge on any atom is 0.333 e. The first-order chi connectivity index (χ1) is 11.8. The van der Waals surface area contributed by atoms with Crippen molar-refractivity contribution in [3.8, 4) is 11.6 Å². The lowest BCUT2D eigenvalue weighted by Crippen LogP contribution is -2.25. The number of anilines is 1. The third kappa shape index (κ3) is 4.71. The second-order valence-corrected chi connectivity index (χ2v) is 6.35. The summed E-state index contributed by atoms with van der Waals surface area (Å²) in [6.45, 7) is 3.52. The fourth-order valence-corrected chi connectivity index (χ4v) is 2.28. The third-order valence-corrected chi connectivity index (χ3v) is 4.18. The lowest BCUT2D eigenvalue weighted by atomic mass is 10.2. The van der Waals surface area contributed by atoms with Gasteiger partial charge >= 0.3 is 6.03 Å². The molecule has 0 aliphatic heterocycles. The molecule has 2 amide bonds. The van der Waals surface area contributed by atoms with Crippen molar-refractivity contribution in [2.75, 3.05) is 19.5 Å². The molecule has 25 heavy (non-hydrogen) atoms. The summed E-state index contributed by atoms with van der Waals surface area (Å²) < 4.78 is 25.7. The summed E-state index contributed by atoms with van der Waals surface area (Å²) in [5, 5.41) is 10.4. The molecule has 1 N–H and O–H groups in total. The Morgan fingerprint density at radius 1 is 1.32 bits per heavy atom. The number of nitrogens with zero attached hydrogens (tertiary/aromatic N) is 3. The maximum absolute atomic E-state index is 14.3. The molecule has 0 bridgehead atoms. The maximum atomic E-state index is 14.3. The predicted molar refractivity (Wildman–Crippen MR) is 94.4 cm³/mol. The molecular weight excluding hydrogens is 371 g/mol. The molecule has 0 fully saturated rings. The number of carbonyl (C=O) groups excluding carboxylic acids is 1. The average molecular weight is 387 g/mol. The van der Waals surface area contributed by atoms with E-state index in [1.165, 1.54) is 30.6 Å². The molecule has 0 aliphatic carbocycles. The normalized spacial score (nSPS) is 10.5. The fourth-order valence-electron chi connectivity index (χ4n) is 1.76. The quantitative estimate of drug-likeness (QED) is 0.608. The number of rotatable bonds is 5. The SMILES string of the molecule is COSN(C)C(=O)Nc1ccc(Oc2nnc(Cl)c(C)c2C)c(F)c1. The van der Waals surface area contributed by atoms with E-state index in [1.807, 2.05) is 0 Å². The summed E-state index contributed by atoms with van der Waals surface area (Å²) in [4.78, 5) is 11.8. The van der Waals surface area contributed by atoms with Gasteiger partial charge in [0.1, 0.15) is 12.2 Å². The standard InChI is InChI=1S/C15H16ClFN4O3S/c1-8-9(2)14(20-19-13(8)16)24-12-6-5-10(7-11(12)17)18-15(22)21(3)25-23-4/h5-7H,1-4H3,(H,18,22). The molecule has 10 heteroatoms. The van der Waals surface area contributed by atoms with E-state index in [4.69, 9.17) is 20.5 Å². The van der Waals surface area contributed by atoms with Crippen LogP contribution in [0, 0.1) is 19.7 Å². The Morgan fingerprint density at radius 3 is 2.68 bits per heavy atom. The average Bonchev–Trinajstić information content (AvgIpc) is 2.57. The van der Waals surface area contributed by atoms with E-state index >= 15 is 0 Å². The van der Waals surface area contributed by atoms with Crippen LogP contribution in [-0.4, -0.2) is 34.7 Å². The van der Waals surface area contributed by atoms with Crippen LogP contribution in [0.5, 0.6) is 11.6 Å². The molecule has 2 aromatic rings. The first-order valence-electron chi connectivity index (χ1n) is 7.05. The molecule has 0 aliphatic rings. The number of halogens is 2. The largest absolute Gasteiger partial charge is 0.434 e. The summed E-state index contributed by atoms with van der Waals surface area (Å²) in [7, 11) is 2.95. The zero-order valence-electron chi connectivity index (χ0n) is 14.0. The minimum atomic E-state index is -0.659. The first kappa shape index (κ1) is 19.2. The highest BCUT2D eigenvalue weighted by Gasteiger charge is 2.15. The van der Waals surface area contributed by atoms with Gasteiger partial charge in [0, 0.05) is 24.4 Å². The van der Waals surface area contributed by atoms with Gasteiger partial charge in [-0.2, -0.15) is 0 Å². The van der Waals surface area contributed by atoms with Crippen LogP contribution in [-0.2, 0) is 4.18 Å². The summed E-state index contributed by atoms with van der Waals surface area (Å²) >= 11 is 6.73. The number of ether oxygens (including phenoxy) is 1. The molecule has 1 heterocycles. The number of carbonyl (C=O) groups is 1. The second-order valence-electron chi connectivity index (χ2n) is 4.96. The topological polar surface area (TPSA) is 76.6 Å². The Morgan fingerprint density at radius 2 is 2.04 bits per heavy atom. The lowest BCUT2D eigenvalue weighted by molar-refractivity contribution is 0.241. The van der Waals surface area contributed by atoms with Crippen LogP contribution in [0.25, 0.3) is 0 Å². The molecule has 0 atom stereocenters. The van der Waals surface area contributed by atoms with E-state index in [9.17, 15) is 9.18 Å². The van der Waals surface area contributed by atoms with Crippen molar-refractivity contribution in [1.82, 2.24) is 14.5 Å². The number of hydrogen-bond acceptors (Lipinski definition) is 6. The highest BCUT2D eigenvalue weighted by Crippen LogP contribution is 2.30. The molecule has 0 radical (unpaired) electrons. The minimum Gasteiger partial charge on any atom is -0.434 e. The molecule has 0 unspecified atom stereocenters. The molecule has 0 spiro atoms. The first-order valence-corrected chi connectivity index (χ1v) is 8.13. The van der Waals surface area contributed by atoms with E-state index in [0.717, 1.165) is 18.3 Å². The van der Waals surface area contributed by atoms with Crippen molar-refractivity contribution < 1.29 is 18.1 Å². The molecule has 1 aromatic carbocycles. The highest BCUT2D eigenvalue weighted by molar-refractivity contribution is 7.92. The van der Waals surface area contributed by atoms with Gasteiger partial charge in [-0.1, -0.05) is 11.6 Å². The Hall–Kier alpha value is -2.10. The molecule has 0 saturated heterocycles. The van der Waals surface area contributed by atoms with Gasteiger partial charge in [0.2, 0.25) is 5.88 Å². The molecule has 7 nitrogen and oxygen atoms in total. The van der Waals surface area contributed by atoms with Gasteiger partial charge in [-0.15, -0.1) is 10.2 Å². The summed E-state index contributed by atoms with van der Waals surface area (Å²) in [5.41, 5.74) is 1.64. The van der Waals surface area contributed by atoms with Gasteiger partial charge in [-0.3, -0.25) is 4.18 Å². The number of hydrogen-bond donors (Lipinski definition) is 1. The minimum absolute atomic E-state index is 0.0447. The Labute approximate surface area is 153 Å². The van der Waals surface area contributed by atoms with Gasteiger partial charge in [0.05, 0.1) is 7.11 Å². The van der Waals surface area contributed by atoms with Crippen molar-refractivity contribution in [3.63, 3.8) is 0 Å². The molecule has 1 aromatic heterocycles. The molecule has 2 rings (SSSR count). The highest BCUT2D eigenvalue weighted by atomic mass is 35.5. The van der Waals surface area contributed by atoms with Crippen molar-refractivity contribution in [2.24, 2.45) is 0 Å². The predicted octanol–water partition coefficient (Wildman–Crippen LogP) is 4.35. The van der Waals surface area contributed by atoms with Gasteiger partial charge < -0.3 is 10.1 Å². The van der Waals surface area contributed by atoms with Gasteiger partial charge in [0.15, 0.2) is 16.7 Å². The van der Waals surface area contributed by atoms with Gasteiger partial charge in [-0.25, -0.2) is 13.5 Å². The van der Waals surface area contributed by atoms with Crippen LogP contribution in [0.2, 0.25) is 5.15 Å². The van der Waals surface area contributed by atoms with Crippen LogP contribution in [0.1, 0.15) is 11.1 Å². The van der Waals surface area contributed by atoms with Gasteiger partial charge in [0.25, 0.3) is 0 Å². The van der Waals surface area contributed by atoms with E-state index in [2.05, 4.69) is 15.5 Å². The third-order valence-electron chi connectivity index (χ3n) is 3.28. The molecule has 134 valence electrons. The van der Waals surface area contributed by atoms with Crippen molar-refractivity contribution in [3.05, 3.63) is 40.3 Å². The van der Waals surface area contributed by atoms with Gasteiger partial charge in [-0.05, 0) is 31.5 Å². The smallest absolute Gasteiger partial charge is 0.333 e. The zero-order valence-corrected chi connectivity index (χ0v) is 15.5. The summed E-state index contributed by atoms with van der Waals surface area (Å²) in [6.07, 6.45) is 0. The van der Waals surface area contributed by atoms with E-state index in [1.54, 1.807) is 13.8 Å². The van der Waals surface area contributed by atoms with E-state index < -0.39 is 11.8 Å². The van der Waals surface area contributed by atoms with Crippen molar-refractivity contribution in [1.29, 1.82) is 0 Å². The Balaban J connectivity index is 2.15. The van der Waals surface area contributed by atoms with Crippen molar-refractivity contribution >= 4 is 35.5 Å². The number of aromatic nitrogens is 2. The van der Waals surface area contributed by atoms with E-state index in [0.29, 0.717) is 11.1 Å². The van der Waals surface area contributed by atoms with Crippen molar-refractivity contribution in [2.45, 2.75) is 13.8 Å². The van der Waals surface area contributed by atoms with Crippen LogP contribution in [0.15, 0.2) is 18.2 Å². The number of nitrogens with one attached hydrogen (secondary N) is 1. The molecule has 0 saturated carbocycles. The number of benzene rings is 1. The number of amides is 2. The van der Waals surface area contributed by atoms with Crippen LogP contribution >= 0.6 is 23.8 Å². The monoisotopic (exact) mass is 386 g/mol. The summed E-state index contributed by atoms with van der Waals surface area (Å²) in [6, 6.07) is 3.58. The van der Waals surface area contributed by atoms with E-state index in [-0.39, 0.29) is 22.5 Å². The summed E-state index contributed by atoms with van der Waals surface area (Å²) in [5.74, 6) is -0.542. The fraction of sp³-hybridized carbons (Fsp3) is 0.267. The second kappa shape index (κ2) is 8.32. The van der Waals surface area contributed by atoms with Crippen LogP contribution in [0.4, 0.5) is 14.9 Å². The Bertz CT molecular complexity index is 794. The molecular formula is C15H16ClFN4O3S. The number of urea groups is 1. The zero-order chi connectivity index (χ0) is 18.6.